The minimum Gasteiger partial charge on any atom is -0.294 e. The molecule has 0 aromatic heterocycles. The van der Waals surface area contributed by atoms with E-state index in [9.17, 15) is 9.18 Å². The second-order valence-corrected chi connectivity index (χ2v) is 2.95. The van der Waals surface area contributed by atoms with Crippen LogP contribution in [0.15, 0.2) is 18.2 Å². The molecular formula is C11H8ClFO. The summed E-state index contributed by atoms with van der Waals surface area (Å²) in [6.45, 7) is 1.32. The van der Waals surface area contributed by atoms with Gasteiger partial charge in [0.1, 0.15) is 5.82 Å². The van der Waals surface area contributed by atoms with Gasteiger partial charge in [-0.3, -0.25) is 4.79 Å². The van der Waals surface area contributed by atoms with E-state index < -0.39 is 5.82 Å². The van der Waals surface area contributed by atoms with E-state index in [1.54, 1.807) is 0 Å². The first-order valence-electron chi connectivity index (χ1n) is 4.00. The van der Waals surface area contributed by atoms with Crippen LogP contribution in [-0.4, -0.2) is 11.7 Å². The van der Waals surface area contributed by atoms with Crippen LogP contribution in [0.1, 0.15) is 22.8 Å². The molecule has 0 amide bonds. The fraction of sp³-hybridized carbons (Fsp3) is 0.182. The number of Topliss-reactive ketones (excluding diaryl/α,β-unsaturated/α-hetero) is 1. The highest BCUT2D eigenvalue weighted by molar-refractivity contribution is 6.19. The van der Waals surface area contributed by atoms with Crippen LogP contribution in [0.3, 0.4) is 0 Å². The predicted molar refractivity (Wildman–Crippen MR) is 54.0 cm³/mol. The minimum atomic E-state index is -0.520. The molecule has 0 bridgehead atoms. The lowest BCUT2D eigenvalue weighted by molar-refractivity contribution is 0.101. The van der Waals surface area contributed by atoms with Crippen LogP contribution in [-0.2, 0) is 0 Å². The summed E-state index contributed by atoms with van der Waals surface area (Å²) >= 11 is 5.37. The summed E-state index contributed by atoms with van der Waals surface area (Å²) in [7, 11) is 0. The fourth-order valence-electron chi connectivity index (χ4n) is 1.01. The maximum atomic E-state index is 13.0. The summed E-state index contributed by atoms with van der Waals surface area (Å²) in [5.74, 6) is 4.74. The number of hydrogen-bond donors (Lipinski definition) is 0. The molecule has 1 nitrogen and oxygen atoms in total. The molecule has 0 saturated carbocycles. The summed E-state index contributed by atoms with van der Waals surface area (Å²) < 4.78 is 13.0. The zero-order valence-electron chi connectivity index (χ0n) is 7.60. The highest BCUT2D eigenvalue weighted by atomic mass is 35.5. The Labute approximate surface area is 86.9 Å². The fourth-order valence-corrected chi connectivity index (χ4v) is 1.08. The third-order valence-corrected chi connectivity index (χ3v) is 1.78. The lowest BCUT2D eigenvalue weighted by Crippen LogP contribution is -1.97. The van der Waals surface area contributed by atoms with E-state index in [4.69, 9.17) is 11.6 Å². The number of halogens is 2. The zero-order valence-corrected chi connectivity index (χ0v) is 8.36. The number of carbonyl (C=O) groups is 1. The molecule has 0 atom stereocenters. The SMILES string of the molecule is CC(=O)c1cc(C#CCCl)ccc1F. The molecule has 0 aliphatic rings. The Kier molecular flexibility index (Phi) is 3.67. The van der Waals surface area contributed by atoms with Crippen molar-refractivity contribution in [3.8, 4) is 11.8 Å². The molecule has 0 unspecified atom stereocenters. The van der Waals surface area contributed by atoms with Gasteiger partial charge in [-0.2, -0.15) is 0 Å². The average Bonchev–Trinajstić information content (AvgIpc) is 2.16. The Balaban J connectivity index is 3.13. The maximum absolute atomic E-state index is 13.0. The van der Waals surface area contributed by atoms with Crippen molar-refractivity contribution in [2.24, 2.45) is 0 Å². The molecule has 0 saturated heterocycles. The molecule has 1 rings (SSSR count). The van der Waals surface area contributed by atoms with E-state index in [1.807, 2.05) is 0 Å². The van der Waals surface area contributed by atoms with Crippen molar-refractivity contribution in [3.63, 3.8) is 0 Å². The number of hydrogen-bond acceptors (Lipinski definition) is 1. The van der Waals surface area contributed by atoms with Gasteiger partial charge in [0.25, 0.3) is 0 Å². The standard InChI is InChI=1S/C11H8ClFO/c1-8(14)10-7-9(3-2-6-12)4-5-11(10)13/h4-5,7H,6H2,1H3. The smallest absolute Gasteiger partial charge is 0.162 e. The predicted octanol–water partition coefficient (Wildman–Crippen LogP) is 2.62. The topological polar surface area (TPSA) is 17.1 Å². The molecule has 1 aromatic carbocycles. The molecule has 0 heterocycles. The van der Waals surface area contributed by atoms with Gasteiger partial charge < -0.3 is 0 Å². The second kappa shape index (κ2) is 4.78. The first-order chi connectivity index (χ1) is 6.65. The molecule has 0 radical (unpaired) electrons. The van der Waals surface area contributed by atoms with Gasteiger partial charge in [-0.05, 0) is 25.1 Å². The number of rotatable bonds is 1. The van der Waals surface area contributed by atoms with E-state index in [0.29, 0.717) is 5.56 Å². The van der Waals surface area contributed by atoms with Gasteiger partial charge in [-0.25, -0.2) is 4.39 Å². The molecule has 0 N–H and O–H groups in total. The molecule has 0 fully saturated rings. The van der Waals surface area contributed by atoms with E-state index in [2.05, 4.69) is 11.8 Å². The number of ketones is 1. The van der Waals surface area contributed by atoms with Gasteiger partial charge in [-0.15, -0.1) is 11.6 Å². The van der Waals surface area contributed by atoms with Gasteiger partial charge >= 0.3 is 0 Å². The Bertz CT molecular complexity index is 415. The first kappa shape index (κ1) is 10.7. The van der Waals surface area contributed by atoms with Crippen LogP contribution < -0.4 is 0 Å². The Morgan fingerprint density at radius 3 is 2.86 bits per heavy atom. The van der Waals surface area contributed by atoms with Crippen LogP contribution in [0.2, 0.25) is 0 Å². The summed E-state index contributed by atoms with van der Waals surface area (Å²) in [6.07, 6.45) is 0. The Hall–Kier alpha value is -1.33. The number of benzene rings is 1. The third-order valence-electron chi connectivity index (χ3n) is 1.65. The van der Waals surface area contributed by atoms with Crippen LogP contribution in [0.4, 0.5) is 4.39 Å². The summed E-state index contributed by atoms with van der Waals surface area (Å²) in [4.78, 5) is 11.0. The van der Waals surface area contributed by atoms with E-state index in [1.165, 1.54) is 25.1 Å². The van der Waals surface area contributed by atoms with Crippen molar-refractivity contribution in [1.29, 1.82) is 0 Å². The van der Waals surface area contributed by atoms with Gasteiger partial charge in [0.15, 0.2) is 5.78 Å². The molecular weight excluding hydrogens is 203 g/mol. The lowest BCUT2D eigenvalue weighted by Gasteiger charge is -1.98. The van der Waals surface area contributed by atoms with Crippen molar-refractivity contribution >= 4 is 17.4 Å². The van der Waals surface area contributed by atoms with Crippen LogP contribution in [0.25, 0.3) is 0 Å². The summed E-state index contributed by atoms with van der Waals surface area (Å²) in [6, 6.07) is 4.17. The quantitative estimate of drug-likeness (QED) is 0.396. The average molecular weight is 211 g/mol. The molecule has 3 heteroatoms. The van der Waals surface area contributed by atoms with Crippen molar-refractivity contribution in [2.45, 2.75) is 6.92 Å². The highest BCUT2D eigenvalue weighted by Crippen LogP contribution is 2.10. The summed E-state index contributed by atoms with van der Waals surface area (Å²) in [5.41, 5.74) is 0.656. The van der Waals surface area contributed by atoms with Crippen molar-refractivity contribution in [1.82, 2.24) is 0 Å². The molecule has 0 aliphatic carbocycles. The molecule has 14 heavy (non-hydrogen) atoms. The van der Waals surface area contributed by atoms with Gasteiger partial charge in [0.05, 0.1) is 11.4 Å². The van der Waals surface area contributed by atoms with Crippen LogP contribution in [0.5, 0.6) is 0 Å². The highest BCUT2D eigenvalue weighted by Gasteiger charge is 2.06. The molecule has 0 spiro atoms. The van der Waals surface area contributed by atoms with Gasteiger partial charge in [0.2, 0.25) is 0 Å². The number of alkyl halides is 1. The van der Waals surface area contributed by atoms with Crippen molar-refractivity contribution in [3.05, 3.63) is 35.1 Å². The zero-order chi connectivity index (χ0) is 10.6. The largest absolute Gasteiger partial charge is 0.294 e. The maximum Gasteiger partial charge on any atom is 0.162 e. The summed E-state index contributed by atoms with van der Waals surface area (Å²) in [5, 5.41) is 0. The molecule has 72 valence electrons. The van der Waals surface area contributed by atoms with Gasteiger partial charge in [-0.1, -0.05) is 11.8 Å². The second-order valence-electron chi connectivity index (χ2n) is 2.69. The third kappa shape index (κ3) is 2.58. The monoisotopic (exact) mass is 210 g/mol. The Morgan fingerprint density at radius 1 is 1.57 bits per heavy atom. The minimum absolute atomic E-state index is 0.0615. The molecule has 1 aromatic rings. The lowest BCUT2D eigenvalue weighted by atomic mass is 10.1. The van der Waals surface area contributed by atoms with E-state index in [-0.39, 0.29) is 17.2 Å². The molecule has 0 aliphatic heterocycles. The van der Waals surface area contributed by atoms with Crippen molar-refractivity contribution in [2.75, 3.05) is 5.88 Å². The van der Waals surface area contributed by atoms with Crippen molar-refractivity contribution < 1.29 is 9.18 Å². The van der Waals surface area contributed by atoms with Crippen LogP contribution >= 0.6 is 11.6 Å². The van der Waals surface area contributed by atoms with E-state index >= 15 is 0 Å². The first-order valence-corrected chi connectivity index (χ1v) is 4.54. The Morgan fingerprint density at radius 2 is 2.29 bits per heavy atom. The van der Waals surface area contributed by atoms with Gasteiger partial charge in [0, 0.05) is 5.56 Å². The van der Waals surface area contributed by atoms with E-state index in [0.717, 1.165) is 0 Å². The van der Waals surface area contributed by atoms with Crippen LogP contribution in [0, 0.1) is 17.7 Å². The normalized spacial score (nSPS) is 9.07. The number of carbonyl (C=O) groups excluding carboxylic acids is 1.